The first kappa shape index (κ1) is 15.4. The molecule has 0 aliphatic rings. The van der Waals surface area contributed by atoms with Crippen molar-refractivity contribution in [1.82, 2.24) is 0 Å². The topological polar surface area (TPSA) is 0 Å². The smallest absolute Gasteiger partial charge is 0.170 e. The molecule has 3 heteroatoms. The molecule has 0 radical (unpaired) electrons. The van der Waals surface area contributed by atoms with Crippen LogP contribution < -0.4 is 0 Å². The zero-order valence-electron chi connectivity index (χ0n) is 12.0. The lowest BCUT2D eigenvalue weighted by molar-refractivity contribution is -0.193. The Morgan fingerprint density at radius 2 is 1.14 bits per heavy atom. The molecule has 2 aromatic rings. The Bertz CT molecular complexity index is 566. The molecule has 2 aromatic carbocycles. The average molecular weight is 290 g/mol. The van der Waals surface area contributed by atoms with Gasteiger partial charge in [0.1, 0.15) is 0 Å². The van der Waals surface area contributed by atoms with E-state index < -0.39 is 11.6 Å². The standard InChI is InChI=1S/C18H17F3/c1-17(2,18(19,20)21)13-16(14-9-5-3-6-10-14)15-11-7-4-8-12-15/h3-13H,1-2H3. The van der Waals surface area contributed by atoms with Crippen molar-refractivity contribution in [3.05, 3.63) is 77.9 Å². The molecule has 0 saturated carbocycles. The monoisotopic (exact) mass is 290 g/mol. The van der Waals surface area contributed by atoms with Gasteiger partial charge < -0.3 is 0 Å². The van der Waals surface area contributed by atoms with Gasteiger partial charge in [0.2, 0.25) is 0 Å². The summed E-state index contributed by atoms with van der Waals surface area (Å²) in [6.07, 6.45) is -2.99. The van der Waals surface area contributed by atoms with E-state index in [1.54, 1.807) is 0 Å². The molecule has 0 heterocycles. The van der Waals surface area contributed by atoms with E-state index in [0.717, 1.165) is 11.1 Å². The van der Waals surface area contributed by atoms with Gasteiger partial charge in [-0.3, -0.25) is 0 Å². The molecule has 0 saturated heterocycles. The van der Waals surface area contributed by atoms with Crippen molar-refractivity contribution in [2.24, 2.45) is 5.41 Å². The summed E-state index contributed by atoms with van der Waals surface area (Å²) in [5, 5.41) is 0. The lowest BCUT2D eigenvalue weighted by Gasteiger charge is -2.26. The Hall–Kier alpha value is -2.03. The van der Waals surface area contributed by atoms with Gasteiger partial charge in [0.05, 0.1) is 5.41 Å². The summed E-state index contributed by atoms with van der Waals surface area (Å²) >= 11 is 0. The van der Waals surface area contributed by atoms with Gasteiger partial charge in [-0.1, -0.05) is 66.7 Å². The van der Waals surface area contributed by atoms with Crippen LogP contribution in [0, 0.1) is 5.41 Å². The number of alkyl halides is 3. The van der Waals surface area contributed by atoms with Crippen LogP contribution in [0.2, 0.25) is 0 Å². The Morgan fingerprint density at radius 1 is 0.762 bits per heavy atom. The van der Waals surface area contributed by atoms with E-state index in [0.29, 0.717) is 5.57 Å². The van der Waals surface area contributed by atoms with Gasteiger partial charge >= 0.3 is 6.18 Å². The van der Waals surface area contributed by atoms with Gasteiger partial charge in [0.15, 0.2) is 0 Å². The van der Waals surface area contributed by atoms with Crippen LogP contribution in [0.25, 0.3) is 5.57 Å². The molecular formula is C18H17F3. The second kappa shape index (κ2) is 5.76. The summed E-state index contributed by atoms with van der Waals surface area (Å²) in [7, 11) is 0. The maximum atomic E-state index is 13.2. The van der Waals surface area contributed by atoms with Gasteiger partial charge in [-0.2, -0.15) is 13.2 Å². The number of halogens is 3. The number of benzene rings is 2. The summed E-state index contributed by atoms with van der Waals surface area (Å²) in [5.41, 5.74) is 0.258. The summed E-state index contributed by atoms with van der Waals surface area (Å²) < 4.78 is 39.5. The summed E-state index contributed by atoms with van der Waals surface area (Å²) in [4.78, 5) is 0. The molecule has 0 N–H and O–H groups in total. The first-order chi connectivity index (χ1) is 9.81. The van der Waals surface area contributed by atoms with Gasteiger partial charge in [0, 0.05) is 0 Å². The second-order valence-corrected chi connectivity index (χ2v) is 5.51. The fraction of sp³-hybridized carbons (Fsp3) is 0.222. The third-order valence-corrected chi connectivity index (χ3v) is 3.41. The summed E-state index contributed by atoms with van der Waals surface area (Å²) in [5.74, 6) is 0. The molecule has 0 aliphatic heterocycles. The Morgan fingerprint density at radius 3 is 1.48 bits per heavy atom. The highest BCUT2D eigenvalue weighted by molar-refractivity contribution is 5.80. The first-order valence-electron chi connectivity index (χ1n) is 6.72. The summed E-state index contributed by atoms with van der Waals surface area (Å²) in [6, 6.07) is 18.3. The predicted octanol–water partition coefficient (Wildman–Crippen LogP) is 5.71. The minimum absolute atomic E-state index is 0.596. The maximum Gasteiger partial charge on any atom is 0.397 e. The molecule has 0 bridgehead atoms. The highest BCUT2D eigenvalue weighted by Crippen LogP contribution is 2.41. The van der Waals surface area contributed by atoms with Gasteiger partial charge in [-0.25, -0.2) is 0 Å². The molecule has 0 spiro atoms. The molecule has 0 unspecified atom stereocenters. The van der Waals surface area contributed by atoms with E-state index in [1.807, 2.05) is 60.7 Å². The third-order valence-electron chi connectivity index (χ3n) is 3.41. The molecule has 0 amide bonds. The number of allylic oxidation sites excluding steroid dienone is 1. The fourth-order valence-electron chi connectivity index (χ4n) is 2.01. The van der Waals surface area contributed by atoms with E-state index >= 15 is 0 Å². The van der Waals surface area contributed by atoms with Crippen LogP contribution in [0.3, 0.4) is 0 Å². The van der Waals surface area contributed by atoms with Crippen molar-refractivity contribution in [3.63, 3.8) is 0 Å². The largest absolute Gasteiger partial charge is 0.397 e. The van der Waals surface area contributed by atoms with E-state index in [4.69, 9.17) is 0 Å². The quantitative estimate of drug-likeness (QED) is 0.679. The highest BCUT2D eigenvalue weighted by Gasteiger charge is 2.45. The molecule has 2 rings (SSSR count). The zero-order valence-corrected chi connectivity index (χ0v) is 12.0. The van der Waals surface area contributed by atoms with Gasteiger partial charge in [-0.05, 0) is 30.5 Å². The zero-order chi connectivity index (χ0) is 15.5. The van der Waals surface area contributed by atoms with Crippen molar-refractivity contribution in [3.8, 4) is 0 Å². The molecule has 0 atom stereocenters. The van der Waals surface area contributed by atoms with Crippen molar-refractivity contribution >= 4 is 5.57 Å². The van der Waals surface area contributed by atoms with Crippen molar-refractivity contribution < 1.29 is 13.2 Å². The van der Waals surface area contributed by atoms with Gasteiger partial charge in [-0.15, -0.1) is 0 Å². The van der Waals surface area contributed by atoms with Crippen molar-refractivity contribution in [2.75, 3.05) is 0 Å². The Labute approximate surface area is 122 Å². The Balaban J connectivity index is 2.58. The maximum absolute atomic E-state index is 13.2. The number of hydrogen-bond donors (Lipinski definition) is 0. The lowest BCUT2D eigenvalue weighted by Crippen LogP contribution is -2.30. The lowest BCUT2D eigenvalue weighted by atomic mass is 9.85. The van der Waals surface area contributed by atoms with Gasteiger partial charge in [0.25, 0.3) is 0 Å². The van der Waals surface area contributed by atoms with Crippen molar-refractivity contribution in [1.29, 1.82) is 0 Å². The van der Waals surface area contributed by atoms with Crippen LogP contribution in [-0.4, -0.2) is 6.18 Å². The van der Waals surface area contributed by atoms with E-state index in [1.165, 1.54) is 19.9 Å². The molecule has 0 fully saturated rings. The van der Waals surface area contributed by atoms with Crippen LogP contribution in [0.1, 0.15) is 25.0 Å². The van der Waals surface area contributed by atoms with Crippen LogP contribution in [0.4, 0.5) is 13.2 Å². The number of rotatable bonds is 3. The van der Waals surface area contributed by atoms with Crippen LogP contribution in [0.15, 0.2) is 66.7 Å². The minimum Gasteiger partial charge on any atom is -0.170 e. The molecule has 0 nitrogen and oxygen atoms in total. The fourth-order valence-corrected chi connectivity index (χ4v) is 2.01. The van der Waals surface area contributed by atoms with E-state index in [9.17, 15) is 13.2 Å². The molecular weight excluding hydrogens is 273 g/mol. The molecule has 21 heavy (non-hydrogen) atoms. The average Bonchev–Trinajstić information content (AvgIpc) is 2.45. The first-order valence-corrected chi connectivity index (χ1v) is 6.72. The molecule has 0 aliphatic carbocycles. The second-order valence-electron chi connectivity index (χ2n) is 5.51. The van der Waals surface area contributed by atoms with E-state index in [-0.39, 0.29) is 0 Å². The highest BCUT2D eigenvalue weighted by atomic mass is 19.4. The predicted molar refractivity (Wildman–Crippen MR) is 79.8 cm³/mol. The third kappa shape index (κ3) is 3.54. The van der Waals surface area contributed by atoms with Crippen molar-refractivity contribution in [2.45, 2.75) is 20.0 Å². The Kier molecular flexibility index (Phi) is 4.21. The summed E-state index contributed by atoms with van der Waals surface area (Å²) in [6.45, 7) is 2.39. The van der Waals surface area contributed by atoms with Crippen LogP contribution in [-0.2, 0) is 0 Å². The van der Waals surface area contributed by atoms with Crippen LogP contribution >= 0.6 is 0 Å². The minimum atomic E-state index is -4.29. The normalized spacial score (nSPS) is 12.0. The van der Waals surface area contributed by atoms with E-state index in [2.05, 4.69) is 0 Å². The molecule has 0 aromatic heterocycles. The van der Waals surface area contributed by atoms with Crippen LogP contribution in [0.5, 0.6) is 0 Å². The number of hydrogen-bond acceptors (Lipinski definition) is 0. The SMILES string of the molecule is CC(C)(C=C(c1ccccc1)c1ccccc1)C(F)(F)F. The molecule has 110 valence electrons.